The smallest absolute Gasteiger partial charge is 0.0667 e. The first kappa shape index (κ1) is 11.2. The number of rotatable bonds is 5. The zero-order valence-electron chi connectivity index (χ0n) is 9.53. The van der Waals surface area contributed by atoms with Crippen LogP contribution in [-0.2, 0) is 6.42 Å². The fourth-order valence-electron chi connectivity index (χ4n) is 2.00. The highest BCUT2D eigenvalue weighted by molar-refractivity contribution is 5.82. The highest BCUT2D eigenvalue weighted by Crippen LogP contribution is 2.19. The molecular weight excluding hydrogens is 200 g/mol. The van der Waals surface area contributed by atoms with Gasteiger partial charge in [-0.25, -0.2) is 0 Å². The summed E-state index contributed by atoms with van der Waals surface area (Å²) >= 11 is 0. The lowest BCUT2D eigenvalue weighted by molar-refractivity contribution is 0.165. The molecule has 3 N–H and O–H groups in total. The Morgan fingerprint density at radius 3 is 3.00 bits per heavy atom. The van der Waals surface area contributed by atoms with Gasteiger partial charge < -0.3 is 15.4 Å². The molecule has 0 aliphatic heterocycles. The molecule has 0 spiro atoms. The number of aliphatic hydroxyl groups excluding tert-OH is 1. The maximum absolute atomic E-state index is 9.65. The molecule has 3 nitrogen and oxygen atoms in total. The second-order valence-corrected chi connectivity index (χ2v) is 4.11. The summed E-state index contributed by atoms with van der Waals surface area (Å²) in [5, 5.41) is 13.9. The third-order valence-electron chi connectivity index (χ3n) is 2.86. The van der Waals surface area contributed by atoms with Crippen molar-refractivity contribution in [3.8, 4) is 0 Å². The Balaban J connectivity index is 2.04. The summed E-state index contributed by atoms with van der Waals surface area (Å²) in [6.45, 7) is 0.655. The summed E-state index contributed by atoms with van der Waals surface area (Å²) in [5.41, 5.74) is 2.45. The van der Waals surface area contributed by atoms with Gasteiger partial charge in [-0.1, -0.05) is 18.2 Å². The molecule has 0 saturated heterocycles. The van der Waals surface area contributed by atoms with Gasteiger partial charge in [-0.3, -0.25) is 0 Å². The molecule has 0 aliphatic carbocycles. The number of likely N-dealkylation sites (N-methyl/N-ethyl adjacent to an activating group) is 1. The minimum absolute atomic E-state index is 0.265. The number of H-pyrrole nitrogens is 1. The average Bonchev–Trinajstić information content (AvgIpc) is 2.70. The van der Waals surface area contributed by atoms with E-state index in [0.29, 0.717) is 6.54 Å². The Labute approximate surface area is 95.5 Å². The van der Waals surface area contributed by atoms with Gasteiger partial charge in [-0.2, -0.15) is 0 Å². The molecule has 1 aromatic heterocycles. The largest absolute Gasteiger partial charge is 0.392 e. The number of fused-ring (bicyclic) bond motifs is 1. The van der Waals surface area contributed by atoms with Gasteiger partial charge in [0.15, 0.2) is 0 Å². The Kier molecular flexibility index (Phi) is 3.59. The SMILES string of the molecule is CNCC(O)CCc1c[nH]c2ccccc12. The van der Waals surface area contributed by atoms with E-state index < -0.39 is 0 Å². The molecule has 0 fully saturated rings. The summed E-state index contributed by atoms with van der Waals surface area (Å²) < 4.78 is 0. The minimum Gasteiger partial charge on any atom is -0.392 e. The van der Waals surface area contributed by atoms with Crippen molar-refractivity contribution in [3.63, 3.8) is 0 Å². The number of aromatic nitrogens is 1. The van der Waals surface area contributed by atoms with Crippen LogP contribution in [0, 0.1) is 0 Å². The van der Waals surface area contributed by atoms with Crippen LogP contribution in [0.15, 0.2) is 30.5 Å². The van der Waals surface area contributed by atoms with E-state index in [2.05, 4.69) is 22.4 Å². The maximum Gasteiger partial charge on any atom is 0.0667 e. The molecule has 86 valence electrons. The second kappa shape index (κ2) is 5.14. The monoisotopic (exact) mass is 218 g/mol. The normalized spacial score (nSPS) is 13.1. The second-order valence-electron chi connectivity index (χ2n) is 4.11. The summed E-state index contributed by atoms with van der Waals surface area (Å²) in [6, 6.07) is 8.26. The number of aryl methyl sites for hydroxylation is 1. The molecule has 0 saturated carbocycles. The first-order valence-corrected chi connectivity index (χ1v) is 5.69. The Bertz CT molecular complexity index is 450. The van der Waals surface area contributed by atoms with Gasteiger partial charge in [0.05, 0.1) is 6.10 Å². The van der Waals surface area contributed by atoms with Gasteiger partial charge in [0, 0.05) is 23.6 Å². The van der Waals surface area contributed by atoms with Gasteiger partial charge in [-0.05, 0) is 31.5 Å². The fourth-order valence-corrected chi connectivity index (χ4v) is 2.00. The summed E-state index contributed by atoms with van der Waals surface area (Å²) in [6.07, 6.45) is 3.48. The quantitative estimate of drug-likeness (QED) is 0.715. The van der Waals surface area contributed by atoms with Crippen LogP contribution in [0.2, 0.25) is 0 Å². The van der Waals surface area contributed by atoms with Crippen molar-refractivity contribution in [1.29, 1.82) is 0 Å². The lowest BCUT2D eigenvalue weighted by Gasteiger charge is -2.08. The van der Waals surface area contributed by atoms with Crippen LogP contribution in [0.5, 0.6) is 0 Å². The molecule has 0 amide bonds. The van der Waals surface area contributed by atoms with Crippen molar-refractivity contribution in [1.82, 2.24) is 10.3 Å². The number of aliphatic hydroxyl groups is 1. The molecular formula is C13H18N2O. The van der Waals surface area contributed by atoms with Crippen LogP contribution in [-0.4, -0.2) is 29.8 Å². The molecule has 0 bridgehead atoms. The number of hydrogen-bond acceptors (Lipinski definition) is 2. The fraction of sp³-hybridized carbons (Fsp3) is 0.385. The van der Waals surface area contributed by atoms with Crippen molar-refractivity contribution in [2.24, 2.45) is 0 Å². The lowest BCUT2D eigenvalue weighted by atomic mass is 10.1. The molecule has 0 radical (unpaired) electrons. The number of nitrogens with one attached hydrogen (secondary N) is 2. The number of aromatic amines is 1. The Morgan fingerprint density at radius 2 is 2.19 bits per heavy atom. The van der Waals surface area contributed by atoms with E-state index in [9.17, 15) is 5.11 Å². The molecule has 1 atom stereocenters. The van der Waals surface area contributed by atoms with Crippen molar-refractivity contribution in [3.05, 3.63) is 36.0 Å². The molecule has 1 unspecified atom stereocenters. The van der Waals surface area contributed by atoms with Gasteiger partial charge in [0.1, 0.15) is 0 Å². The van der Waals surface area contributed by atoms with E-state index in [4.69, 9.17) is 0 Å². The van der Waals surface area contributed by atoms with Crippen LogP contribution >= 0.6 is 0 Å². The van der Waals surface area contributed by atoms with Crippen molar-refractivity contribution >= 4 is 10.9 Å². The lowest BCUT2D eigenvalue weighted by Crippen LogP contribution is -2.23. The zero-order chi connectivity index (χ0) is 11.4. The van der Waals surface area contributed by atoms with E-state index in [1.807, 2.05) is 25.4 Å². The standard InChI is InChI=1S/C13H18N2O/c1-14-9-11(16)7-6-10-8-15-13-5-3-2-4-12(10)13/h2-5,8,11,14-16H,6-7,9H2,1H3. The molecule has 3 heteroatoms. The van der Waals surface area contributed by atoms with Crippen LogP contribution in [0.4, 0.5) is 0 Å². The number of benzene rings is 1. The third-order valence-corrected chi connectivity index (χ3v) is 2.86. The molecule has 2 aromatic rings. The van der Waals surface area contributed by atoms with Gasteiger partial charge in [-0.15, -0.1) is 0 Å². The molecule has 16 heavy (non-hydrogen) atoms. The van der Waals surface area contributed by atoms with E-state index >= 15 is 0 Å². The number of para-hydroxylation sites is 1. The van der Waals surface area contributed by atoms with Gasteiger partial charge >= 0.3 is 0 Å². The first-order chi connectivity index (χ1) is 7.81. The Morgan fingerprint density at radius 1 is 1.38 bits per heavy atom. The Hall–Kier alpha value is -1.32. The average molecular weight is 218 g/mol. The third kappa shape index (κ3) is 2.43. The van der Waals surface area contributed by atoms with Crippen molar-refractivity contribution in [2.45, 2.75) is 18.9 Å². The molecule has 0 aliphatic rings. The predicted molar refractivity (Wildman–Crippen MR) is 66.6 cm³/mol. The first-order valence-electron chi connectivity index (χ1n) is 5.69. The van der Waals surface area contributed by atoms with Crippen LogP contribution in [0.25, 0.3) is 10.9 Å². The van der Waals surface area contributed by atoms with E-state index in [0.717, 1.165) is 12.8 Å². The molecule has 2 rings (SSSR count). The summed E-state index contributed by atoms with van der Waals surface area (Å²) in [4.78, 5) is 3.25. The topological polar surface area (TPSA) is 48.0 Å². The minimum atomic E-state index is -0.265. The van der Waals surface area contributed by atoms with Crippen molar-refractivity contribution < 1.29 is 5.11 Å². The molecule has 1 aromatic carbocycles. The zero-order valence-corrected chi connectivity index (χ0v) is 9.53. The van der Waals surface area contributed by atoms with Crippen LogP contribution < -0.4 is 5.32 Å². The van der Waals surface area contributed by atoms with E-state index in [1.54, 1.807) is 0 Å². The van der Waals surface area contributed by atoms with E-state index in [-0.39, 0.29) is 6.10 Å². The van der Waals surface area contributed by atoms with E-state index in [1.165, 1.54) is 16.5 Å². The number of hydrogen-bond donors (Lipinski definition) is 3. The van der Waals surface area contributed by atoms with Crippen LogP contribution in [0.3, 0.4) is 0 Å². The summed E-state index contributed by atoms with van der Waals surface area (Å²) in [5.74, 6) is 0. The van der Waals surface area contributed by atoms with Gasteiger partial charge in [0.25, 0.3) is 0 Å². The van der Waals surface area contributed by atoms with Crippen LogP contribution in [0.1, 0.15) is 12.0 Å². The molecule has 1 heterocycles. The highest BCUT2D eigenvalue weighted by Gasteiger charge is 2.06. The highest BCUT2D eigenvalue weighted by atomic mass is 16.3. The van der Waals surface area contributed by atoms with Crippen molar-refractivity contribution in [2.75, 3.05) is 13.6 Å². The predicted octanol–water partition coefficient (Wildman–Crippen LogP) is 1.68. The maximum atomic E-state index is 9.65. The van der Waals surface area contributed by atoms with Gasteiger partial charge in [0.2, 0.25) is 0 Å². The summed E-state index contributed by atoms with van der Waals surface area (Å²) in [7, 11) is 1.86.